The fourth-order valence-electron chi connectivity index (χ4n) is 2.26. The summed E-state index contributed by atoms with van der Waals surface area (Å²) < 4.78 is 36.6. The highest BCUT2D eigenvalue weighted by Crippen LogP contribution is 2.33. The van der Waals surface area contributed by atoms with Gasteiger partial charge in [0.2, 0.25) is 10.0 Å². The normalized spacial score (nSPS) is 21.6. The number of sulfonamides is 1. The molecule has 0 bridgehead atoms. The Labute approximate surface area is 117 Å². The number of nitrogens with one attached hydrogen (secondary N) is 1. The van der Waals surface area contributed by atoms with E-state index in [9.17, 15) is 17.6 Å². The Kier molecular flexibility index (Phi) is 3.84. The van der Waals surface area contributed by atoms with E-state index in [-0.39, 0.29) is 22.1 Å². The highest BCUT2D eigenvalue weighted by Gasteiger charge is 2.37. The van der Waals surface area contributed by atoms with E-state index >= 15 is 0 Å². The minimum Gasteiger partial charge on any atom is -0.349 e. The summed E-state index contributed by atoms with van der Waals surface area (Å²) in [6, 6.07) is 2.06. The molecule has 5 nitrogen and oxygen atoms in total. The van der Waals surface area contributed by atoms with Crippen LogP contribution in [-0.4, -0.2) is 20.4 Å². The summed E-state index contributed by atoms with van der Waals surface area (Å²) >= 11 is 0. The van der Waals surface area contributed by atoms with Gasteiger partial charge in [0.05, 0.1) is 10.5 Å². The molecule has 1 fully saturated rings. The van der Waals surface area contributed by atoms with Crippen LogP contribution in [0.25, 0.3) is 0 Å². The van der Waals surface area contributed by atoms with Gasteiger partial charge in [0.1, 0.15) is 5.82 Å². The first-order valence-corrected chi connectivity index (χ1v) is 7.92. The summed E-state index contributed by atoms with van der Waals surface area (Å²) in [6.07, 6.45) is 1.82. The number of carbonyl (C=O) groups excluding carboxylic acids is 1. The van der Waals surface area contributed by atoms with Crippen molar-refractivity contribution in [1.82, 2.24) is 5.32 Å². The molecule has 2 atom stereocenters. The molecular weight excluding hydrogens is 283 g/mol. The lowest BCUT2D eigenvalue weighted by Gasteiger charge is -2.09. The van der Waals surface area contributed by atoms with Crippen molar-refractivity contribution in [3.05, 3.63) is 29.1 Å². The average molecular weight is 300 g/mol. The molecule has 1 aromatic rings. The van der Waals surface area contributed by atoms with Crippen LogP contribution in [0, 0.1) is 18.7 Å². The van der Waals surface area contributed by atoms with Crippen LogP contribution in [0.5, 0.6) is 0 Å². The number of aryl methyl sites for hydroxylation is 1. The van der Waals surface area contributed by atoms with Gasteiger partial charge in [0, 0.05) is 6.04 Å². The van der Waals surface area contributed by atoms with Crippen LogP contribution in [0.3, 0.4) is 0 Å². The summed E-state index contributed by atoms with van der Waals surface area (Å²) in [5, 5.41) is 7.75. The number of rotatable bonds is 4. The van der Waals surface area contributed by atoms with E-state index < -0.39 is 21.7 Å². The van der Waals surface area contributed by atoms with Gasteiger partial charge in [0.25, 0.3) is 5.91 Å². The first-order chi connectivity index (χ1) is 9.24. The van der Waals surface area contributed by atoms with Crippen molar-refractivity contribution in [3.63, 3.8) is 0 Å². The van der Waals surface area contributed by atoms with E-state index in [0.717, 1.165) is 25.0 Å². The van der Waals surface area contributed by atoms with Crippen LogP contribution in [0.1, 0.15) is 35.7 Å². The molecule has 0 aliphatic heterocycles. The fourth-order valence-corrected chi connectivity index (χ4v) is 3.04. The lowest BCUT2D eigenvalue weighted by molar-refractivity contribution is 0.0944. The maximum atomic E-state index is 13.8. The maximum Gasteiger partial charge on any atom is 0.254 e. The van der Waals surface area contributed by atoms with E-state index in [1.165, 1.54) is 6.92 Å². The highest BCUT2D eigenvalue weighted by molar-refractivity contribution is 7.89. The van der Waals surface area contributed by atoms with Gasteiger partial charge in [-0.05, 0) is 37.0 Å². The lowest BCUT2D eigenvalue weighted by Crippen LogP contribution is -2.28. The van der Waals surface area contributed by atoms with Crippen LogP contribution in [-0.2, 0) is 10.0 Å². The Bertz CT molecular complexity index is 658. The molecule has 2 unspecified atom stereocenters. The second kappa shape index (κ2) is 5.14. The summed E-state index contributed by atoms with van der Waals surface area (Å²) in [5.41, 5.74) is -0.110. The van der Waals surface area contributed by atoms with Gasteiger partial charge in [-0.15, -0.1) is 0 Å². The van der Waals surface area contributed by atoms with E-state index in [4.69, 9.17) is 5.14 Å². The van der Waals surface area contributed by atoms with Gasteiger partial charge in [-0.1, -0.05) is 13.3 Å². The summed E-state index contributed by atoms with van der Waals surface area (Å²) in [5.74, 6) is -0.931. The molecule has 110 valence electrons. The van der Waals surface area contributed by atoms with Crippen molar-refractivity contribution in [2.75, 3.05) is 0 Å². The van der Waals surface area contributed by atoms with Crippen molar-refractivity contribution in [2.45, 2.75) is 37.6 Å². The highest BCUT2D eigenvalue weighted by atomic mass is 32.2. The van der Waals surface area contributed by atoms with Crippen molar-refractivity contribution in [2.24, 2.45) is 11.1 Å². The molecule has 1 aliphatic rings. The van der Waals surface area contributed by atoms with Crippen LogP contribution in [0.4, 0.5) is 4.39 Å². The predicted molar refractivity (Wildman–Crippen MR) is 72.2 cm³/mol. The van der Waals surface area contributed by atoms with Gasteiger partial charge in [0.15, 0.2) is 0 Å². The quantitative estimate of drug-likeness (QED) is 0.878. The zero-order valence-corrected chi connectivity index (χ0v) is 12.1. The van der Waals surface area contributed by atoms with Crippen LogP contribution < -0.4 is 10.5 Å². The second-order valence-electron chi connectivity index (χ2n) is 5.13. The van der Waals surface area contributed by atoms with Crippen molar-refractivity contribution in [1.29, 1.82) is 0 Å². The summed E-state index contributed by atoms with van der Waals surface area (Å²) in [6.45, 7) is 3.45. The van der Waals surface area contributed by atoms with Gasteiger partial charge < -0.3 is 5.32 Å². The van der Waals surface area contributed by atoms with Crippen LogP contribution in [0.2, 0.25) is 0 Å². The predicted octanol–water partition coefficient (Wildman–Crippen LogP) is 1.31. The standard InChI is InChI=1S/C13H17FN2O3S/c1-3-8-5-11(8)16-13(17)9-6-12(20(15,18)19)7(2)4-10(9)14/h4,6,8,11H,3,5H2,1-2H3,(H,16,17)(H2,15,18,19). The number of hydrogen-bond acceptors (Lipinski definition) is 3. The first kappa shape index (κ1) is 14.9. The Morgan fingerprint density at radius 2 is 2.15 bits per heavy atom. The largest absolute Gasteiger partial charge is 0.349 e. The molecule has 1 amide bonds. The number of amides is 1. The number of halogens is 1. The van der Waals surface area contributed by atoms with Crippen LogP contribution >= 0.6 is 0 Å². The molecule has 0 spiro atoms. The number of hydrogen-bond donors (Lipinski definition) is 2. The van der Waals surface area contributed by atoms with Gasteiger partial charge in [-0.25, -0.2) is 17.9 Å². The molecular formula is C13H17FN2O3S. The van der Waals surface area contributed by atoms with E-state index in [1.807, 2.05) is 6.92 Å². The molecule has 0 aromatic heterocycles. The molecule has 2 rings (SSSR count). The topological polar surface area (TPSA) is 89.3 Å². The minimum absolute atomic E-state index is 0.0473. The molecule has 0 radical (unpaired) electrons. The molecule has 1 saturated carbocycles. The minimum atomic E-state index is -3.98. The number of nitrogens with two attached hydrogens (primary N) is 1. The second-order valence-corrected chi connectivity index (χ2v) is 6.66. The van der Waals surface area contributed by atoms with Crippen molar-refractivity contribution in [3.8, 4) is 0 Å². The van der Waals surface area contributed by atoms with Crippen LogP contribution in [0.15, 0.2) is 17.0 Å². The van der Waals surface area contributed by atoms with Gasteiger partial charge in [-0.2, -0.15) is 0 Å². The molecule has 1 aromatic carbocycles. The number of carbonyl (C=O) groups is 1. The lowest BCUT2D eigenvalue weighted by atomic mass is 10.1. The molecule has 1 aliphatic carbocycles. The maximum absolute atomic E-state index is 13.8. The SMILES string of the molecule is CCC1CC1NC(=O)c1cc(S(N)(=O)=O)c(C)cc1F. The van der Waals surface area contributed by atoms with E-state index in [0.29, 0.717) is 5.92 Å². The number of benzene rings is 1. The Hall–Kier alpha value is -1.47. The molecule has 0 heterocycles. The number of primary sulfonamides is 1. The Balaban J connectivity index is 2.30. The molecule has 0 saturated heterocycles. The van der Waals surface area contributed by atoms with Gasteiger partial charge in [-0.3, -0.25) is 4.79 Å². The van der Waals surface area contributed by atoms with Crippen molar-refractivity contribution >= 4 is 15.9 Å². The smallest absolute Gasteiger partial charge is 0.254 e. The molecule has 20 heavy (non-hydrogen) atoms. The van der Waals surface area contributed by atoms with Gasteiger partial charge >= 0.3 is 0 Å². The van der Waals surface area contributed by atoms with E-state index in [2.05, 4.69) is 5.32 Å². The summed E-state index contributed by atoms with van der Waals surface area (Å²) in [7, 11) is -3.98. The third kappa shape index (κ3) is 2.99. The third-order valence-corrected chi connectivity index (χ3v) is 4.63. The third-order valence-electron chi connectivity index (χ3n) is 3.58. The Morgan fingerprint density at radius 1 is 1.50 bits per heavy atom. The first-order valence-electron chi connectivity index (χ1n) is 6.37. The zero-order valence-electron chi connectivity index (χ0n) is 11.3. The Morgan fingerprint density at radius 3 is 2.65 bits per heavy atom. The summed E-state index contributed by atoms with van der Waals surface area (Å²) in [4.78, 5) is 11.8. The van der Waals surface area contributed by atoms with E-state index in [1.54, 1.807) is 0 Å². The fraction of sp³-hybridized carbons (Fsp3) is 0.462. The van der Waals surface area contributed by atoms with Crippen molar-refractivity contribution < 1.29 is 17.6 Å². The molecule has 7 heteroatoms. The molecule has 3 N–H and O–H groups in total. The average Bonchev–Trinajstić information content (AvgIpc) is 3.05. The monoisotopic (exact) mass is 300 g/mol. The zero-order chi connectivity index (χ0) is 15.1.